The Morgan fingerprint density at radius 2 is 2.26 bits per heavy atom. The van der Waals surface area contributed by atoms with Gasteiger partial charge in [-0.25, -0.2) is 13.1 Å². The zero-order chi connectivity index (χ0) is 16.9. The van der Waals surface area contributed by atoms with Crippen LogP contribution >= 0.6 is 22.9 Å². The zero-order valence-corrected chi connectivity index (χ0v) is 15.8. The van der Waals surface area contributed by atoms with Gasteiger partial charge in [0.1, 0.15) is 4.21 Å². The molecule has 23 heavy (non-hydrogen) atoms. The van der Waals surface area contributed by atoms with Crippen molar-refractivity contribution in [3.05, 3.63) is 16.5 Å². The van der Waals surface area contributed by atoms with Crippen LogP contribution in [0.5, 0.6) is 0 Å². The van der Waals surface area contributed by atoms with Crippen LogP contribution in [0.25, 0.3) is 0 Å². The molecule has 0 bridgehead atoms. The third-order valence-corrected chi connectivity index (χ3v) is 6.87. The number of halogens is 1. The molecule has 0 spiro atoms. The predicted molar refractivity (Wildman–Crippen MR) is 95.9 cm³/mol. The largest absolute Gasteiger partial charge is 0.355 e. The van der Waals surface area contributed by atoms with E-state index in [1.807, 2.05) is 0 Å². The van der Waals surface area contributed by atoms with Crippen molar-refractivity contribution >= 4 is 38.9 Å². The highest BCUT2D eigenvalue weighted by atomic mass is 35.5. The van der Waals surface area contributed by atoms with Crippen molar-refractivity contribution in [1.29, 1.82) is 0 Å². The van der Waals surface area contributed by atoms with E-state index in [2.05, 4.69) is 26.9 Å². The Labute approximate surface area is 147 Å². The molecule has 1 aliphatic rings. The van der Waals surface area contributed by atoms with Crippen LogP contribution in [0.4, 0.5) is 0 Å². The molecule has 0 aromatic carbocycles. The molecule has 2 rings (SSSR count). The SMILES string of the molecule is CN=C(NCCNS(=O)(=O)c1ccc(Cl)s1)N1CCCC(C)C1. The van der Waals surface area contributed by atoms with Gasteiger partial charge in [-0.05, 0) is 30.9 Å². The van der Waals surface area contributed by atoms with E-state index in [1.54, 1.807) is 13.1 Å². The van der Waals surface area contributed by atoms with E-state index in [0.717, 1.165) is 36.8 Å². The summed E-state index contributed by atoms with van der Waals surface area (Å²) in [7, 11) is -1.74. The maximum absolute atomic E-state index is 12.1. The van der Waals surface area contributed by atoms with Gasteiger partial charge in [0.25, 0.3) is 0 Å². The van der Waals surface area contributed by atoms with Gasteiger partial charge in [-0.3, -0.25) is 4.99 Å². The highest BCUT2D eigenvalue weighted by molar-refractivity contribution is 7.91. The average Bonchev–Trinajstić information content (AvgIpc) is 2.95. The van der Waals surface area contributed by atoms with E-state index in [0.29, 0.717) is 23.3 Å². The highest BCUT2D eigenvalue weighted by Gasteiger charge is 2.19. The number of thiophene rings is 1. The van der Waals surface area contributed by atoms with Crippen LogP contribution in [-0.2, 0) is 10.0 Å². The summed E-state index contributed by atoms with van der Waals surface area (Å²) in [6, 6.07) is 3.09. The lowest BCUT2D eigenvalue weighted by Crippen LogP contribution is -2.47. The third-order valence-electron chi connectivity index (χ3n) is 3.68. The highest BCUT2D eigenvalue weighted by Crippen LogP contribution is 2.25. The molecule has 0 radical (unpaired) electrons. The Bertz CT molecular complexity index is 645. The first kappa shape index (κ1) is 18.5. The van der Waals surface area contributed by atoms with Crippen molar-refractivity contribution < 1.29 is 8.42 Å². The maximum Gasteiger partial charge on any atom is 0.250 e. The number of hydrogen-bond acceptors (Lipinski definition) is 4. The first-order valence-electron chi connectivity index (χ1n) is 7.63. The van der Waals surface area contributed by atoms with Gasteiger partial charge in [-0.2, -0.15) is 0 Å². The number of piperidine rings is 1. The van der Waals surface area contributed by atoms with Crippen LogP contribution in [0.3, 0.4) is 0 Å². The molecule has 1 unspecified atom stereocenters. The van der Waals surface area contributed by atoms with Crippen LogP contribution in [0.2, 0.25) is 4.34 Å². The molecule has 0 amide bonds. The van der Waals surface area contributed by atoms with Gasteiger partial charge < -0.3 is 10.2 Å². The molecule has 2 N–H and O–H groups in total. The summed E-state index contributed by atoms with van der Waals surface area (Å²) >= 11 is 6.83. The molecule has 1 saturated heterocycles. The van der Waals surface area contributed by atoms with Crippen molar-refractivity contribution in [3.63, 3.8) is 0 Å². The molecule has 6 nitrogen and oxygen atoms in total. The Morgan fingerprint density at radius 1 is 1.48 bits per heavy atom. The molecule has 1 fully saturated rings. The number of hydrogen-bond donors (Lipinski definition) is 2. The van der Waals surface area contributed by atoms with Crippen molar-refractivity contribution in [3.8, 4) is 0 Å². The minimum Gasteiger partial charge on any atom is -0.355 e. The lowest BCUT2D eigenvalue weighted by atomic mass is 10.0. The second-order valence-corrected chi connectivity index (χ2v) is 9.33. The molecule has 130 valence electrons. The maximum atomic E-state index is 12.1. The van der Waals surface area contributed by atoms with E-state index in [-0.39, 0.29) is 4.21 Å². The van der Waals surface area contributed by atoms with Crippen molar-refractivity contribution in [2.45, 2.75) is 24.0 Å². The normalized spacial score (nSPS) is 19.9. The van der Waals surface area contributed by atoms with Crippen LogP contribution in [-0.4, -0.2) is 52.5 Å². The van der Waals surface area contributed by atoms with Crippen LogP contribution < -0.4 is 10.0 Å². The Balaban J connectivity index is 1.80. The van der Waals surface area contributed by atoms with Gasteiger partial charge in [-0.15, -0.1) is 11.3 Å². The smallest absolute Gasteiger partial charge is 0.250 e. The van der Waals surface area contributed by atoms with Gasteiger partial charge in [0.15, 0.2) is 5.96 Å². The average molecular weight is 379 g/mol. The summed E-state index contributed by atoms with van der Waals surface area (Å²) in [5.74, 6) is 1.49. The van der Waals surface area contributed by atoms with E-state index in [1.165, 1.54) is 12.5 Å². The third kappa shape index (κ3) is 5.34. The summed E-state index contributed by atoms with van der Waals surface area (Å²) in [5.41, 5.74) is 0. The molecule has 1 atom stereocenters. The molecule has 9 heteroatoms. The monoisotopic (exact) mass is 378 g/mol. The summed E-state index contributed by atoms with van der Waals surface area (Å²) in [5, 5.41) is 3.22. The minimum atomic E-state index is -3.49. The number of rotatable bonds is 5. The standard InChI is InChI=1S/C14H23ClN4O2S2/c1-11-4-3-9-19(10-11)14(16-2)17-7-8-18-23(20,21)13-6-5-12(15)22-13/h5-6,11,18H,3-4,7-10H2,1-2H3,(H,16,17). The number of nitrogens with one attached hydrogen (secondary N) is 2. The molecule has 0 saturated carbocycles. The number of sulfonamides is 1. The van der Waals surface area contributed by atoms with E-state index < -0.39 is 10.0 Å². The van der Waals surface area contributed by atoms with Crippen molar-refractivity contribution in [1.82, 2.24) is 14.9 Å². The molecule has 1 aliphatic heterocycles. The topological polar surface area (TPSA) is 73.8 Å². The van der Waals surface area contributed by atoms with Crippen molar-refractivity contribution in [2.75, 3.05) is 33.2 Å². The van der Waals surface area contributed by atoms with Gasteiger partial charge in [0, 0.05) is 33.2 Å². The van der Waals surface area contributed by atoms with E-state index in [9.17, 15) is 8.42 Å². The fourth-order valence-corrected chi connectivity index (χ4v) is 5.15. The summed E-state index contributed by atoms with van der Waals surface area (Å²) in [6.45, 7) is 4.98. The molecular formula is C14H23ClN4O2S2. The second-order valence-electron chi connectivity index (χ2n) is 5.62. The first-order valence-corrected chi connectivity index (χ1v) is 10.3. The van der Waals surface area contributed by atoms with Gasteiger partial charge in [0.05, 0.1) is 4.34 Å². The summed E-state index contributed by atoms with van der Waals surface area (Å²) < 4.78 is 27.4. The van der Waals surface area contributed by atoms with Crippen LogP contribution in [0.1, 0.15) is 19.8 Å². The van der Waals surface area contributed by atoms with Gasteiger partial charge >= 0.3 is 0 Å². The molecule has 1 aromatic rings. The molecular weight excluding hydrogens is 356 g/mol. The Morgan fingerprint density at radius 3 is 2.87 bits per heavy atom. The van der Waals surface area contributed by atoms with Crippen LogP contribution in [0, 0.1) is 5.92 Å². The molecule has 2 heterocycles. The minimum absolute atomic E-state index is 0.233. The summed E-state index contributed by atoms with van der Waals surface area (Å²) in [6.07, 6.45) is 2.41. The molecule has 1 aromatic heterocycles. The zero-order valence-electron chi connectivity index (χ0n) is 13.4. The fraction of sp³-hybridized carbons (Fsp3) is 0.643. The predicted octanol–water partition coefficient (Wildman–Crippen LogP) is 1.99. The number of nitrogens with zero attached hydrogens (tertiary/aromatic N) is 2. The molecule has 0 aliphatic carbocycles. The lowest BCUT2D eigenvalue weighted by molar-refractivity contribution is 0.266. The quantitative estimate of drug-likeness (QED) is 0.467. The first-order chi connectivity index (χ1) is 10.9. The van der Waals surface area contributed by atoms with E-state index in [4.69, 9.17) is 11.6 Å². The Hall–Kier alpha value is -0.830. The Kier molecular flexibility index (Phi) is 6.70. The number of aliphatic imine (C=N–C) groups is 1. The lowest BCUT2D eigenvalue weighted by Gasteiger charge is -2.33. The van der Waals surface area contributed by atoms with E-state index >= 15 is 0 Å². The summed E-state index contributed by atoms with van der Waals surface area (Å²) in [4.78, 5) is 6.50. The van der Waals surface area contributed by atoms with Gasteiger partial charge in [0.2, 0.25) is 10.0 Å². The fourth-order valence-electron chi connectivity index (χ4n) is 2.59. The number of guanidine groups is 1. The van der Waals surface area contributed by atoms with Crippen molar-refractivity contribution in [2.24, 2.45) is 10.9 Å². The van der Waals surface area contributed by atoms with Crippen LogP contribution in [0.15, 0.2) is 21.3 Å². The van der Waals surface area contributed by atoms with Gasteiger partial charge in [-0.1, -0.05) is 18.5 Å². The number of likely N-dealkylation sites (tertiary alicyclic amines) is 1. The second kappa shape index (κ2) is 8.32.